The van der Waals surface area contributed by atoms with Gasteiger partial charge < -0.3 is 46.0 Å². The Kier molecular flexibility index (Phi) is 59.1. The van der Waals surface area contributed by atoms with E-state index in [9.17, 15) is 30.6 Å². The lowest BCUT2D eigenvalue weighted by molar-refractivity contribution is 0.470. The predicted octanol–water partition coefficient (Wildman–Crippen LogP) is 30.8. The second kappa shape index (κ2) is 63.0. The number of rotatable bonds is 6. The van der Waals surface area contributed by atoms with Gasteiger partial charge in [0.2, 0.25) is 0 Å². The number of aryl methyl sites for hydroxylation is 3. The van der Waals surface area contributed by atoms with Crippen LogP contribution in [0.15, 0.2) is 315 Å². The van der Waals surface area contributed by atoms with E-state index >= 15 is 0 Å². The highest BCUT2D eigenvalue weighted by Crippen LogP contribution is 2.36. The summed E-state index contributed by atoms with van der Waals surface area (Å²) in [5.41, 5.74) is 9.07. The monoisotopic (exact) mass is 1560 g/mol. The van der Waals surface area contributed by atoms with Crippen LogP contribution in [0, 0.1) is 20.8 Å². The summed E-state index contributed by atoms with van der Waals surface area (Å²) < 4.78 is 0. The molecule has 115 heavy (non-hydrogen) atoms. The molecular formula is C106H144O9. The lowest BCUT2D eigenvalue weighted by Gasteiger charge is -2.26. The van der Waals surface area contributed by atoms with Gasteiger partial charge in [-0.3, -0.25) is 0 Å². The van der Waals surface area contributed by atoms with Crippen molar-refractivity contribution in [1.29, 1.82) is 0 Å². The molecule has 0 spiro atoms. The van der Waals surface area contributed by atoms with Crippen molar-refractivity contribution >= 4 is 21.5 Å². The maximum Gasteiger partial charge on any atom is 0.118 e. The molecule has 0 radical (unpaired) electrons. The van der Waals surface area contributed by atoms with Crippen LogP contribution in [-0.4, -0.2) is 46.0 Å². The second-order valence-electron chi connectivity index (χ2n) is 27.7. The first kappa shape index (κ1) is 108. The van der Waals surface area contributed by atoms with Crippen molar-refractivity contribution < 1.29 is 46.0 Å². The minimum absolute atomic E-state index is 0. The van der Waals surface area contributed by atoms with Crippen LogP contribution in [0.3, 0.4) is 0 Å². The van der Waals surface area contributed by atoms with Gasteiger partial charge in [0, 0.05) is 16.2 Å². The third-order valence-corrected chi connectivity index (χ3v) is 16.2. The summed E-state index contributed by atoms with van der Waals surface area (Å²) in [4.78, 5) is 0. The molecule has 13 aromatic carbocycles. The van der Waals surface area contributed by atoms with Gasteiger partial charge in [0.25, 0.3) is 0 Å². The molecule has 0 aromatic heterocycles. The Hall–Kier alpha value is -11.4. The predicted molar refractivity (Wildman–Crippen MR) is 501 cm³/mol. The van der Waals surface area contributed by atoms with E-state index in [0.717, 1.165) is 50.1 Å². The Morgan fingerprint density at radius 1 is 0.183 bits per heavy atom. The minimum atomic E-state index is -0.151. The van der Waals surface area contributed by atoms with Crippen LogP contribution in [0.4, 0.5) is 0 Å². The van der Waals surface area contributed by atoms with E-state index in [4.69, 9.17) is 15.3 Å². The van der Waals surface area contributed by atoms with Crippen LogP contribution in [0.25, 0.3) is 21.5 Å². The lowest BCUT2D eigenvalue weighted by atomic mass is 9.78. The van der Waals surface area contributed by atoms with Gasteiger partial charge in [0.15, 0.2) is 0 Å². The van der Waals surface area contributed by atoms with E-state index in [1.807, 2.05) is 176 Å². The highest BCUT2D eigenvalue weighted by molar-refractivity contribution is 5.82. The van der Waals surface area contributed by atoms with Gasteiger partial charge in [-0.05, 0) is 183 Å². The van der Waals surface area contributed by atoms with Crippen molar-refractivity contribution in [2.45, 2.75) is 215 Å². The molecule has 9 N–H and O–H groups in total. The van der Waals surface area contributed by atoms with E-state index < -0.39 is 0 Å². The molecule has 0 saturated carbocycles. The number of benzene rings is 13. The molecule has 0 atom stereocenters. The maximum atomic E-state index is 9.30. The van der Waals surface area contributed by atoms with Crippen molar-refractivity contribution in [2.24, 2.45) is 0 Å². The number of phenols is 9. The number of fused-ring (bicyclic) bond motifs is 2. The summed E-state index contributed by atoms with van der Waals surface area (Å²) >= 11 is 0. The molecule has 622 valence electrons. The summed E-state index contributed by atoms with van der Waals surface area (Å²) in [6.07, 6.45) is 6.25. The van der Waals surface area contributed by atoms with Crippen LogP contribution < -0.4 is 0 Å². The number of aromatic hydroxyl groups is 9. The largest absolute Gasteiger partial charge is 0.508 e. The Balaban J connectivity index is -0.00000122. The zero-order valence-electron chi connectivity index (χ0n) is 73.1. The van der Waals surface area contributed by atoms with Crippen LogP contribution in [0.5, 0.6) is 51.7 Å². The van der Waals surface area contributed by atoms with Crippen LogP contribution >= 0.6 is 0 Å². The molecule has 0 fully saturated rings. The van der Waals surface area contributed by atoms with Gasteiger partial charge >= 0.3 is 0 Å². The highest BCUT2D eigenvalue weighted by atomic mass is 16.3. The quantitative estimate of drug-likeness (QED) is 0.0783. The third kappa shape index (κ3) is 44.0. The van der Waals surface area contributed by atoms with Gasteiger partial charge in [-0.1, -0.05) is 402 Å². The molecule has 0 amide bonds. The summed E-state index contributed by atoms with van der Waals surface area (Å²) in [7, 11) is 0. The van der Waals surface area contributed by atoms with E-state index in [-0.39, 0.29) is 58.2 Å². The smallest absolute Gasteiger partial charge is 0.118 e. The average Bonchev–Trinajstić information content (AvgIpc) is 0.819. The molecule has 9 heteroatoms. The van der Waals surface area contributed by atoms with Gasteiger partial charge in [-0.25, -0.2) is 0 Å². The molecule has 0 aliphatic carbocycles. The fourth-order valence-corrected chi connectivity index (χ4v) is 9.72. The minimum Gasteiger partial charge on any atom is -0.508 e. The van der Waals surface area contributed by atoms with E-state index in [1.54, 1.807) is 91.0 Å². The zero-order valence-corrected chi connectivity index (χ0v) is 73.1. The molecule has 0 aliphatic rings. The van der Waals surface area contributed by atoms with Gasteiger partial charge in [-0.15, -0.1) is 0 Å². The first-order valence-corrected chi connectivity index (χ1v) is 40.3. The zero-order chi connectivity index (χ0) is 86.5. The molecule has 0 heterocycles. The van der Waals surface area contributed by atoms with Crippen molar-refractivity contribution in [2.75, 3.05) is 0 Å². The number of hydrogen-bond donors (Lipinski definition) is 9. The molecule has 9 nitrogen and oxygen atoms in total. The normalized spacial score (nSPS) is 9.59. The van der Waals surface area contributed by atoms with Crippen LogP contribution in [0.1, 0.15) is 228 Å². The number of phenolic OH excluding ortho intramolecular Hbond substituents is 9. The van der Waals surface area contributed by atoms with Crippen molar-refractivity contribution in [3.63, 3.8) is 0 Å². The van der Waals surface area contributed by atoms with Crippen LogP contribution in [-0.2, 0) is 16.2 Å². The first-order valence-electron chi connectivity index (χ1n) is 40.3. The Bertz CT molecular complexity index is 3710. The Morgan fingerprint density at radius 2 is 0.287 bits per heavy atom. The standard InChI is InChI=1S/3C15H16O2.2C10H8.3C7H8O.5C3H8.2C2H6.CH4/c3*1-15(2,11-3-7-13(16)8-4-11)12-5-9-14(17)10-6-12;2*1-2-6-10-8-4-3-7-9(10)5-1;3*1-6-4-2-3-5-7(6)8;5*1-3-2;2*1-2;/h3*3-10,16-17H,1-2H3;2*1-8H;3*2-5,8H,1H3;5*3H2,1-2H3;2*1-2H3;1H4. The lowest BCUT2D eigenvalue weighted by Crippen LogP contribution is -2.18. The van der Waals surface area contributed by atoms with Gasteiger partial charge in [0.1, 0.15) is 51.7 Å². The van der Waals surface area contributed by atoms with E-state index in [2.05, 4.69) is 208 Å². The highest BCUT2D eigenvalue weighted by Gasteiger charge is 2.25. The maximum absolute atomic E-state index is 9.30. The SMILES string of the molecule is C.CC.CC.CC(C)(c1ccc(O)cc1)c1ccc(O)cc1.CC(C)(c1ccc(O)cc1)c1ccc(O)cc1.CC(C)(c1ccc(O)cc1)c1ccc(O)cc1.CCC.CCC.CCC.CCC.CCC.Cc1ccccc1O.Cc1ccccc1O.Cc1ccccc1O.c1ccc2ccccc2c1.c1ccc2ccccc2c1. The van der Waals surface area contributed by atoms with Crippen molar-refractivity contribution in [3.05, 3.63) is 366 Å². The van der Waals surface area contributed by atoms with Crippen LogP contribution in [0.2, 0.25) is 0 Å². The van der Waals surface area contributed by atoms with Gasteiger partial charge in [-0.2, -0.15) is 0 Å². The topological polar surface area (TPSA) is 182 Å². The summed E-state index contributed by atoms with van der Waals surface area (Å²) in [6, 6.07) is 98.5. The summed E-state index contributed by atoms with van der Waals surface area (Å²) in [6.45, 7) is 47.6. The molecule has 0 unspecified atom stereocenters. The fourth-order valence-electron chi connectivity index (χ4n) is 9.72. The summed E-state index contributed by atoms with van der Waals surface area (Å²) in [5, 5.41) is 87.8. The Labute approximate surface area is 695 Å². The first-order chi connectivity index (χ1) is 54.4. The molecule has 13 rings (SSSR count). The Morgan fingerprint density at radius 3 is 0.383 bits per heavy atom. The van der Waals surface area contributed by atoms with E-state index in [0.29, 0.717) is 17.2 Å². The van der Waals surface area contributed by atoms with Gasteiger partial charge in [0.05, 0.1) is 0 Å². The van der Waals surface area contributed by atoms with E-state index in [1.165, 1.54) is 53.6 Å². The van der Waals surface area contributed by atoms with Crippen molar-refractivity contribution in [3.8, 4) is 51.7 Å². The average molecular weight is 1560 g/mol. The molecule has 0 aliphatic heterocycles. The molecule has 13 aromatic rings. The fraction of sp³-hybridized carbons (Fsp3) is 0.302. The summed E-state index contributed by atoms with van der Waals surface area (Å²) in [5.74, 6) is 2.74. The number of hydrogen-bond acceptors (Lipinski definition) is 9. The van der Waals surface area contributed by atoms with Crippen molar-refractivity contribution in [1.82, 2.24) is 0 Å². The number of para-hydroxylation sites is 3. The molecule has 0 bridgehead atoms. The molecular weight excluding hydrogens is 1420 g/mol. The molecule has 0 saturated heterocycles. The third-order valence-electron chi connectivity index (χ3n) is 16.2. The second-order valence-corrected chi connectivity index (χ2v) is 27.7.